The fourth-order valence-electron chi connectivity index (χ4n) is 2.93. The number of rotatable bonds is 7. The van der Waals surface area contributed by atoms with Gasteiger partial charge in [-0.25, -0.2) is 4.79 Å². The van der Waals surface area contributed by atoms with E-state index in [4.69, 9.17) is 9.47 Å². The van der Waals surface area contributed by atoms with Crippen molar-refractivity contribution < 1.29 is 23.9 Å². The van der Waals surface area contributed by atoms with Crippen molar-refractivity contribution in [2.45, 2.75) is 72.6 Å². The lowest BCUT2D eigenvalue weighted by atomic mass is 9.99. The molecule has 1 aliphatic heterocycles. The maximum absolute atomic E-state index is 12.9. The lowest BCUT2D eigenvalue weighted by molar-refractivity contribution is -0.140. The Kier molecular flexibility index (Phi) is 9.20. The van der Waals surface area contributed by atoms with Gasteiger partial charge in [-0.2, -0.15) is 0 Å². The van der Waals surface area contributed by atoms with Crippen LogP contribution in [0, 0.1) is 11.8 Å². The summed E-state index contributed by atoms with van der Waals surface area (Å²) >= 11 is 0. The first kappa shape index (κ1) is 24.2. The van der Waals surface area contributed by atoms with Crippen LogP contribution in [-0.4, -0.2) is 66.8 Å². The fraction of sp³-hybridized carbons (Fsp3) is 0.850. The highest BCUT2D eigenvalue weighted by Gasteiger charge is 2.32. The molecule has 1 heterocycles. The van der Waals surface area contributed by atoms with Crippen LogP contribution in [0.2, 0.25) is 0 Å². The van der Waals surface area contributed by atoms with Gasteiger partial charge >= 0.3 is 6.09 Å². The number of carbonyl (C=O) groups excluding carboxylic acids is 3. The summed E-state index contributed by atoms with van der Waals surface area (Å²) in [5, 5.41) is 5.49. The normalized spacial score (nSPS) is 17.2. The van der Waals surface area contributed by atoms with Gasteiger partial charge in [-0.05, 0) is 39.0 Å². The Bertz CT molecular complexity index is 536. The van der Waals surface area contributed by atoms with Gasteiger partial charge in [0.2, 0.25) is 11.8 Å². The largest absolute Gasteiger partial charge is 0.444 e. The molecule has 1 aliphatic rings. The quantitative estimate of drug-likeness (QED) is 0.682. The molecule has 8 nitrogen and oxygen atoms in total. The summed E-state index contributed by atoms with van der Waals surface area (Å²) in [4.78, 5) is 39.6. The Hall–Kier alpha value is -1.83. The van der Waals surface area contributed by atoms with E-state index in [2.05, 4.69) is 10.6 Å². The molecular formula is C20H37N3O5. The molecule has 2 unspecified atom stereocenters. The van der Waals surface area contributed by atoms with E-state index in [0.29, 0.717) is 32.7 Å². The summed E-state index contributed by atoms with van der Waals surface area (Å²) in [5.41, 5.74) is -0.658. The Morgan fingerprint density at radius 3 is 2.07 bits per heavy atom. The highest BCUT2D eigenvalue weighted by molar-refractivity contribution is 5.91. The second kappa shape index (κ2) is 10.6. The van der Waals surface area contributed by atoms with E-state index in [1.54, 1.807) is 25.7 Å². The second-order valence-corrected chi connectivity index (χ2v) is 9.00. The summed E-state index contributed by atoms with van der Waals surface area (Å²) < 4.78 is 10.6. The Balaban J connectivity index is 2.83. The second-order valence-electron chi connectivity index (χ2n) is 9.00. The molecule has 0 saturated carbocycles. The zero-order valence-corrected chi connectivity index (χ0v) is 18.3. The van der Waals surface area contributed by atoms with Gasteiger partial charge in [0, 0.05) is 13.1 Å². The minimum atomic E-state index is -0.790. The average molecular weight is 400 g/mol. The van der Waals surface area contributed by atoms with E-state index in [9.17, 15) is 14.4 Å². The van der Waals surface area contributed by atoms with Gasteiger partial charge in [-0.15, -0.1) is 0 Å². The summed E-state index contributed by atoms with van der Waals surface area (Å²) in [5.74, 6) is -0.421. The minimum absolute atomic E-state index is 0.106. The molecule has 28 heavy (non-hydrogen) atoms. The smallest absolute Gasteiger partial charge is 0.408 e. The summed E-state index contributed by atoms with van der Waals surface area (Å²) in [6.45, 7) is 15.0. The van der Waals surface area contributed by atoms with Gasteiger partial charge in [-0.3, -0.25) is 9.59 Å². The lowest BCUT2D eigenvalue weighted by Crippen LogP contribution is -2.57. The van der Waals surface area contributed by atoms with Gasteiger partial charge in [0.05, 0.1) is 13.2 Å². The molecule has 2 N–H and O–H groups in total. The zero-order chi connectivity index (χ0) is 21.5. The van der Waals surface area contributed by atoms with E-state index in [0.717, 1.165) is 0 Å². The van der Waals surface area contributed by atoms with E-state index in [1.807, 2.05) is 27.7 Å². The van der Waals surface area contributed by atoms with Crippen LogP contribution in [0.25, 0.3) is 0 Å². The average Bonchev–Trinajstić information content (AvgIpc) is 2.57. The van der Waals surface area contributed by atoms with E-state index < -0.39 is 23.8 Å². The fourth-order valence-corrected chi connectivity index (χ4v) is 2.93. The number of hydrogen-bond donors (Lipinski definition) is 2. The Morgan fingerprint density at radius 2 is 1.61 bits per heavy atom. The van der Waals surface area contributed by atoms with Gasteiger partial charge in [0.1, 0.15) is 17.7 Å². The third kappa shape index (κ3) is 8.46. The van der Waals surface area contributed by atoms with Crippen LogP contribution in [0.15, 0.2) is 0 Å². The number of ether oxygens (including phenoxy) is 2. The third-order valence-electron chi connectivity index (χ3n) is 4.27. The highest BCUT2D eigenvalue weighted by Crippen LogP contribution is 2.12. The van der Waals surface area contributed by atoms with Crippen molar-refractivity contribution in [3.05, 3.63) is 0 Å². The molecule has 1 saturated heterocycles. The molecule has 2 atom stereocenters. The molecule has 0 spiro atoms. The van der Waals surface area contributed by atoms with E-state index in [1.165, 1.54) is 0 Å². The molecule has 0 bridgehead atoms. The maximum Gasteiger partial charge on any atom is 0.408 e. The molecule has 1 fully saturated rings. The van der Waals surface area contributed by atoms with Crippen molar-refractivity contribution in [1.82, 2.24) is 15.5 Å². The molecule has 0 aromatic carbocycles. The number of morpholine rings is 1. The first-order valence-corrected chi connectivity index (χ1v) is 10.1. The lowest BCUT2D eigenvalue weighted by Gasteiger charge is -2.32. The first-order chi connectivity index (χ1) is 12.9. The van der Waals surface area contributed by atoms with Gasteiger partial charge in [0.15, 0.2) is 0 Å². The van der Waals surface area contributed by atoms with Crippen molar-refractivity contribution in [3.8, 4) is 0 Å². The van der Waals surface area contributed by atoms with Crippen molar-refractivity contribution in [1.29, 1.82) is 0 Å². The summed E-state index contributed by atoms with van der Waals surface area (Å²) in [6.07, 6.45) is -0.125. The first-order valence-electron chi connectivity index (χ1n) is 10.1. The Morgan fingerprint density at radius 1 is 1.04 bits per heavy atom. The van der Waals surface area contributed by atoms with Crippen LogP contribution in [0.3, 0.4) is 0 Å². The SMILES string of the molecule is CC(C)CC(NC(=O)C(NC(=O)OC(C)(C)C)C(C)C)C(=O)N1CCOCC1. The van der Waals surface area contributed by atoms with Crippen LogP contribution in [0.4, 0.5) is 4.79 Å². The van der Waals surface area contributed by atoms with Crippen molar-refractivity contribution in [2.75, 3.05) is 26.3 Å². The van der Waals surface area contributed by atoms with Crippen LogP contribution in [0.1, 0.15) is 54.9 Å². The van der Waals surface area contributed by atoms with Crippen LogP contribution < -0.4 is 10.6 Å². The van der Waals surface area contributed by atoms with Crippen LogP contribution >= 0.6 is 0 Å². The van der Waals surface area contributed by atoms with Gasteiger partial charge < -0.3 is 25.0 Å². The molecule has 8 heteroatoms. The highest BCUT2D eigenvalue weighted by atomic mass is 16.6. The third-order valence-corrected chi connectivity index (χ3v) is 4.27. The van der Waals surface area contributed by atoms with Gasteiger partial charge in [0.25, 0.3) is 0 Å². The van der Waals surface area contributed by atoms with Crippen molar-refractivity contribution >= 4 is 17.9 Å². The monoisotopic (exact) mass is 399 g/mol. The van der Waals surface area contributed by atoms with E-state index in [-0.39, 0.29) is 23.7 Å². The topological polar surface area (TPSA) is 97.0 Å². The standard InChI is InChI=1S/C20H37N3O5/c1-13(2)12-15(18(25)23-8-10-27-11-9-23)21-17(24)16(14(3)4)22-19(26)28-20(5,6)7/h13-16H,8-12H2,1-7H3,(H,21,24)(H,22,26). The molecule has 0 radical (unpaired) electrons. The number of carbonyl (C=O) groups is 3. The van der Waals surface area contributed by atoms with Crippen molar-refractivity contribution in [3.63, 3.8) is 0 Å². The van der Waals surface area contributed by atoms with E-state index >= 15 is 0 Å². The minimum Gasteiger partial charge on any atom is -0.444 e. The number of hydrogen-bond acceptors (Lipinski definition) is 5. The number of nitrogens with zero attached hydrogens (tertiary/aromatic N) is 1. The zero-order valence-electron chi connectivity index (χ0n) is 18.3. The Labute approximate surface area is 168 Å². The molecule has 162 valence electrons. The predicted molar refractivity (Wildman–Crippen MR) is 107 cm³/mol. The molecule has 1 rings (SSSR count). The van der Waals surface area contributed by atoms with Gasteiger partial charge in [-0.1, -0.05) is 27.7 Å². The number of nitrogens with one attached hydrogen (secondary N) is 2. The van der Waals surface area contributed by atoms with Crippen molar-refractivity contribution in [2.24, 2.45) is 11.8 Å². The molecule has 3 amide bonds. The van der Waals surface area contributed by atoms with Crippen LogP contribution in [0.5, 0.6) is 0 Å². The summed E-state index contributed by atoms with van der Waals surface area (Å²) in [6, 6.07) is -1.42. The maximum atomic E-state index is 12.9. The molecule has 0 aromatic rings. The van der Waals surface area contributed by atoms with Crippen LogP contribution in [-0.2, 0) is 19.1 Å². The summed E-state index contributed by atoms with van der Waals surface area (Å²) in [7, 11) is 0. The number of amides is 3. The molecule has 0 aromatic heterocycles. The predicted octanol–water partition coefficient (Wildman–Crippen LogP) is 1.93. The molecular weight excluding hydrogens is 362 g/mol. The number of alkyl carbamates (subject to hydrolysis) is 1. The molecule has 0 aliphatic carbocycles.